The average Bonchev–Trinajstić information content (AvgIpc) is 3.08. The summed E-state index contributed by atoms with van der Waals surface area (Å²) >= 11 is 1.76. The second-order valence-corrected chi connectivity index (χ2v) is 7.64. The van der Waals surface area contributed by atoms with E-state index in [4.69, 9.17) is 0 Å². The van der Waals surface area contributed by atoms with Crippen molar-refractivity contribution in [2.45, 2.75) is 43.8 Å². The molecule has 0 saturated heterocycles. The molecular weight excluding hydrogens is 332 g/mol. The molecule has 1 fully saturated rings. The Morgan fingerprint density at radius 1 is 1.20 bits per heavy atom. The molecule has 2 aromatic heterocycles. The normalized spacial score (nSPS) is 15.8. The highest BCUT2D eigenvalue weighted by molar-refractivity contribution is 7.99. The van der Waals surface area contributed by atoms with Crippen LogP contribution in [0.15, 0.2) is 46.9 Å². The van der Waals surface area contributed by atoms with Gasteiger partial charge in [0.15, 0.2) is 5.16 Å². The van der Waals surface area contributed by atoms with Crippen molar-refractivity contribution in [1.29, 1.82) is 0 Å². The summed E-state index contributed by atoms with van der Waals surface area (Å²) in [4.78, 5) is 12.8. The molecule has 130 valence electrons. The highest BCUT2D eigenvalue weighted by atomic mass is 32.2. The third-order valence-electron chi connectivity index (χ3n) is 4.96. The van der Waals surface area contributed by atoms with Gasteiger partial charge in [-0.2, -0.15) is 0 Å². The summed E-state index contributed by atoms with van der Waals surface area (Å²) in [6, 6.07) is 7.68. The first-order chi connectivity index (χ1) is 12.3. The molecule has 25 heavy (non-hydrogen) atoms. The third-order valence-corrected chi connectivity index (χ3v) is 6.12. The highest BCUT2D eigenvalue weighted by Crippen LogP contribution is 2.30. The quantitative estimate of drug-likeness (QED) is 0.515. The second-order valence-electron chi connectivity index (χ2n) is 6.65. The fourth-order valence-corrected chi connectivity index (χ4v) is 4.79. The van der Waals surface area contributed by atoms with Gasteiger partial charge >= 0.3 is 0 Å². The molecule has 0 radical (unpaired) electrons. The minimum atomic E-state index is -0.0424. The van der Waals surface area contributed by atoms with Crippen molar-refractivity contribution < 1.29 is 0 Å². The van der Waals surface area contributed by atoms with Crippen LogP contribution in [0.4, 0.5) is 0 Å². The van der Waals surface area contributed by atoms with Crippen molar-refractivity contribution in [2.24, 2.45) is 5.92 Å². The molecule has 5 nitrogen and oxygen atoms in total. The Morgan fingerprint density at radius 3 is 2.80 bits per heavy atom. The van der Waals surface area contributed by atoms with Crippen molar-refractivity contribution >= 4 is 28.4 Å². The summed E-state index contributed by atoms with van der Waals surface area (Å²) in [5, 5.41) is 10.3. The van der Waals surface area contributed by atoms with Gasteiger partial charge in [-0.15, -0.1) is 16.8 Å². The van der Waals surface area contributed by atoms with E-state index in [9.17, 15) is 4.79 Å². The first-order valence-corrected chi connectivity index (χ1v) is 9.88. The Morgan fingerprint density at radius 2 is 2.00 bits per heavy atom. The Labute approximate surface area is 150 Å². The molecule has 4 rings (SSSR count). The summed E-state index contributed by atoms with van der Waals surface area (Å²) in [6.07, 6.45) is 8.39. The van der Waals surface area contributed by atoms with Crippen LogP contribution in [0, 0.1) is 5.92 Å². The number of rotatable bonds is 5. The van der Waals surface area contributed by atoms with Crippen molar-refractivity contribution in [3.05, 3.63) is 47.3 Å². The van der Waals surface area contributed by atoms with Crippen LogP contribution in [0.1, 0.15) is 32.1 Å². The zero-order chi connectivity index (χ0) is 17.2. The molecule has 0 aliphatic heterocycles. The smallest absolute Gasteiger partial charge is 0.263 e. The predicted molar refractivity (Wildman–Crippen MR) is 102 cm³/mol. The van der Waals surface area contributed by atoms with Crippen LogP contribution in [0.5, 0.6) is 0 Å². The van der Waals surface area contributed by atoms with Gasteiger partial charge in [-0.3, -0.25) is 13.8 Å². The molecule has 0 N–H and O–H groups in total. The molecule has 0 spiro atoms. The van der Waals surface area contributed by atoms with E-state index in [0.29, 0.717) is 17.7 Å². The minimum absolute atomic E-state index is 0.0424. The molecule has 1 aliphatic rings. The van der Waals surface area contributed by atoms with Gasteiger partial charge in [-0.25, -0.2) is 0 Å². The molecule has 0 amide bonds. The van der Waals surface area contributed by atoms with Crippen molar-refractivity contribution in [2.75, 3.05) is 5.75 Å². The van der Waals surface area contributed by atoms with E-state index in [1.165, 1.54) is 32.1 Å². The average molecular weight is 354 g/mol. The maximum atomic E-state index is 12.8. The zero-order valence-electron chi connectivity index (χ0n) is 14.2. The molecule has 1 aliphatic carbocycles. The number of aromatic nitrogens is 4. The van der Waals surface area contributed by atoms with Gasteiger partial charge in [-0.1, -0.05) is 49.2 Å². The van der Waals surface area contributed by atoms with Crippen LogP contribution >= 0.6 is 11.8 Å². The third kappa shape index (κ3) is 2.99. The second kappa shape index (κ2) is 7.04. The monoisotopic (exact) mass is 354 g/mol. The number of benzene rings is 1. The lowest BCUT2D eigenvalue weighted by atomic mass is 9.91. The van der Waals surface area contributed by atoms with Gasteiger partial charge in [0, 0.05) is 12.3 Å². The maximum absolute atomic E-state index is 12.8. The SMILES string of the molecule is C=CCn1c(=O)c2ccccc2n2c(SCC3CCCCC3)nnc12. The molecule has 0 unspecified atom stereocenters. The van der Waals surface area contributed by atoms with E-state index in [2.05, 4.69) is 16.8 Å². The largest absolute Gasteiger partial charge is 0.272 e. The van der Waals surface area contributed by atoms with Crippen LogP contribution < -0.4 is 5.56 Å². The number of nitrogens with zero attached hydrogens (tertiary/aromatic N) is 4. The molecule has 6 heteroatoms. The van der Waals surface area contributed by atoms with Gasteiger partial charge in [0.05, 0.1) is 10.9 Å². The van der Waals surface area contributed by atoms with Crippen LogP contribution in [0.2, 0.25) is 0 Å². The lowest BCUT2D eigenvalue weighted by Gasteiger charge is -2.20. The van der Waals surface area contributed by atoms with Crippen LogP contribution in [0.25, 0.3) is 16.7 Å². The van der Waals surface area contributed by atoms with Crippen LogP contribution in [-0.2, 0) is 6.54 Å². The summed E-state index contributed by atoms with van der Waals surface area (Å²) in [5.74, 6) is 2.42. The maximum Gasteiger partial charge on any atom is 0.263 e. The molecule has 0 atom stereocenters. The predicted octanol–water partition coefficient (Wildman–Crippen LogP) is 3.90. The molecule has 1 saturated carbocycles. The summed E-state index contributed by atoms with van der Waals surface area (Å²) < 4.78 is 3.67. The fraction of sp³-hybridized carbons (Fsp3) is 0.421. The summed E-state index contributed by atoms with van der Waals surface area (Å²) in [6.45, 7) is 4.20. The van der Waals surface area contributed by atoms with E-state index < -0.39 is 0 Å². The molecule has 0 bridgehead atoms. The Hall–Kier alpha value is -2.08. The molecule has 3 aromatic rings. The van der Waals surface area contributed by atoms with E-state index in [-0.39, 0.29) is 5.56 Å². The number of para-hydroxylation sites is 1. The van der Waals surface area contributed by atoms with Gasteiger partial charge in [0.2, 0.25) is 5.78 Å². The van der Waals surface area contributed by atoms with Crippen molar-refractivity contribution in [1.82, 2.24) is 19.2 Å². The number of hydrogen-bond acceptors (Lipinski definition) is 4. The van der Waals surface area contributed by atoms with Crippen LogP contribution in [-0.4, -0.2) is 24.9 Å². The van der Waals surface area contributed by atoms with E-state index in [1.807, 2.05) is 28.7 Å². The number of allylic oxidation sites excluding steroid dienone is 1. The molecule has 1 aromatic carbocycles. The zero-order valence-corrected chi connectivity index (χ0v) is 15.0. The standard InChI is InChI=1S/C19H22N4OS/c1-2-12-22-17(24)15-10-6-7-11-16(15)23-18(22)20-21-19(23)25-13-14-8-4-3-5-9-14/h2,6-7,10-11,14H,1,3-5,8-9,12-13H2. The molecule has 2 heterocycles. The highest BCUT2D eigenvalue weighted by Gasteiger charge is 2.18. The van der Waals surface area contributed by atoms with E-state index in [1.54, 1.807) is 22.4 Å². The first-order valence-electron chi connectivity index (χ1n) is 8.90. The Kier molecular flexibility index (Phi) is 4.61. The number of hydrogen-bond donors (Lipinski definition) is 0. The molecular formula is C19H22N4OS. The van der Waals surface area contributed by atoms with E-state index in [0.717, 1.165) is 22.3 Å². The van der Waals surface area contributed by atoms with Crippen molar-refractivity contribution in [3.8, 4) is 0 Å². The van der Waals surface area contributed by atoms with Crippen LogP contribution in [0.3, 0.4) is 0 Å². The van der Waals surface area contributed by atoms with Gasteiger partial charge in [-0.05, 0) is 30.9 Å². The number of thioether (sulfide) groups is 1. The van der Waals surface area contributed by atoms with Crippen molar-refractivity contribution in [3.63, 3.8) is 0 Å². The van der Waals surface area contributed by atoms with Gasteiger partial charge < -0.3 is 0 Å². The van der Waals surface area contributed by atoms with Gasteiger partial charge in [0.1, 0.15) is 0 Å². The fourth-order valence-electron chi connectivity index (χ4n) is 3.67. The number of fused-ring (bicyclic) bond motifs is 3. The Balaban J connectivity index is 1.80. The first kappa shape index (κ1) is 16.4. The Bertz CT molecular complexity index is 969. The lowest BCUT2D eigenvalue weighted by molar-refractivity contribution is 0.390. The lowest BCUT2D eigenvalue weighted by Crippen LogP contribution is -2.22. The van der Waals surface area contributed by atoms with E-state index >= 15 is 0 Å². The topological polar surface area (TPSA) is 52.2 Å². The summed E-state index contributed by atoms with van der Waals surface area (Å²) in [5.41, 5.74) is 0.832. The summed E-state index contributed by atoms with van der Waals surface area (Å²) in [7, 11) is 0. The minimum Gasteiger partial charge on any atom is -0.272 e. The van der Waals surface area contributed by atoms with Gasteiger partial charge in [0.25, 0.3) is 5.56 Å².